The Balaban J connectivity index is 1.82. The van der Waals surface area contributed by atoms with Gasteiger partial charge in [0.25, 0.3) is 0 Å². The van der Waals surface area contributed by atoms with Crippen molar-refractivity contribution in [1.82, 2.24) is 4.98 Å². The van der Waals surface area contributed by atoms with Crippen LogP contribution in [0.1, 0.15) is 115 Å². The summed E-state index contributed by atoms with van der Waals surface area (Å²) in [6, 6.07) is 11.7. The first kappa shape index (κ1) is 24.7. The maximum absolute atomic E-state index is 3.28. The summed E-state index contributed by atoms with van der Waals surface area (Å²) in [6.07, 6.45) is 27.0. The summed E-state index contributed by atoms with van der Waals surface area (Å²) in [5.74, 6) is 0.716. The van der Waals surface area contributed by atoms with Crippen molar-refractivity contribution in [3.05, 3.63) is 54.6 Å². The Morgan fingerprint density at radius 2 is 1.37 bits per heavy atom. The largest absolute Gasteiger partial charge is 0.250 e. The van der Waals surface area contributed by atoms with E-state index in [2.05, 4.69) is 72.5 Å². The summed E-state index contributed by atoms with van der Waals surface area (Å²) < 4.78 is 2.44. The van der Waals surface area contributed by atoms with E-state index in [1.54, 1.807) is 0 Å². The molecule has 0 amide bonds. The molecule has 2 rings (SSSR count). The van der Waals surface area contributed by atoms with Crippen LogP contribution < -0.4 is 4.57 Å². The Bertz CT molecular complexity index is 605. The third-order valence-corrected chi connectivity index (χ3v) is 6.62. The molecule has 2 unspecified atom stereocenters. The van der Waals surface area contributed by atoms with Gasteiger partial charge in [0.05, 0.1) is 0 Å². The molecule has 2 aromatic rings. The van der Waals surface area contributed by atoms with Gasteiger partial charge >= 0.3 is 0 Å². The van der Waals surface area contributed by atoms with Gasteiger partial charge in [-0.15, -0.1) is 0 Å². The number of unbranched alkanes of at least 4 members (excludes halogenated alkanes) is 10. The number of imidazole rings is 1. The third-order valence-electron chi connectivity index (χ3n) is 6.62. The van der Waals surface area contributed by atoms with E-state index in [4.69, 9.17) is 0 Å². The molecule has 1 heterocycles. The second-order valence-corrected chi connectivity index (χ2v) is 9.19. The lowest BCUT2D eigenvalue weighted by molar-refractivity contribution is -0.730. The second-order valence-electron chi connectivity index (χ2n) is 9.19. The summed E-state index contributed by atoms with van der Waals surface area (Å²) in [5.41, 5.74) is 1.49. The number of aromatic nitrogens is 2. The molecule has 0 radical (unpaired) electrons. The highest BCUT2D eigenvalue weighted by atomic mass is 15.1. The van der Waals surface area contributed by atoms with E-state index in [0.29, 0.717) is 12.0 Å². The van der Waals surface area contributed by atoms with E-state index in [-0.39, 0.29) is 0 Å². The Kier molecular flexibility index (Phi) is 13.3. The van der Waals surface area contributed by atoms with Gasteiger partial charge in [0.15, 0.2) is 0 Å². The normalized spacial score (nSPS) is 13.4. The van der Waals surface area contributed by atoms with Gasteiger partial charge in [0.1, 0.15) is 18.4 Å². The molecule has 2 nitrogen and oxygen atoms in total. The van der Waals surface area contributed by atoms with Crippen molar-refractivity contribution in [3.8, 4) is 0 Å². The van der Waals surface area contributed by atoms with Gasteiger partial charge < -0.3 is 0 Å². The van der Waals surface area contributed by atoms with E-state index in [0.717, 1.165) is 0 Å². The van der Waals surface area contributed by atoms with Gasteiger partial charge in [-0.1, -0.05) is 115 Å². The molecule has 2 heteroatoms. The van der Waals surface area contributed by atoms with Gasteiger partial charge in [-0.2, -0.15) is 0 Å². The molecule has 0 aliphatic rings. The summed E-state index contributed by atoms with van der Waals surface area (Å²) in [7, 11) is 0. The zero-order valence-corrected chi connectivity index (χ0v) is 19.8. The van der Waals surface area contributed by atoms with Crippen LogP contribution in [0, 0.1) is 5.92 Å². The smallest absolute Gasteiger partial charge is 0.241 e. The van der Waals surface area contributed by atoms with Crippen LogP contribution in [0.25, 0.3) is 0 Å². The molecule has 0 spiro atoms. The first-order valence-electron chi connectivity index (χ1n) is 12.9. The molecule has 30 heavy (non-hydrogen) atoms. The minimum absolute atomic E-state index is 0.606. The second kappa shape index (κ2) is 16.2. The fourth-order valence-electron chi connectivity index (χ4n) is 4.79. The van der Waals surface area contributed by atoms with Crippen LogP contribution in [-0.4, -0.2) is 4.98 Å². The van der Waals surface area contributed by atoms with Crippen molar-refractivity contribution in [2.24, 2.45) is 5.92 Å². The van der Waals surface area contributed by atoms with Gasteiger partial charge in [0.2, 0.25) is 6.33 Å². The van der Waals surface area contributed by atoms with Crippen LogP contribution in [0.2, 0.25) is 0 Å². The predicted octanol–water partition coefficient (Wildman–Crippen LogP) is 8.20. The monoisotopic (exact) mass is 411 g/mol. The number of hydrogen-bond donors (Lipinski definition) is 1. The molecule has 0 saturated carbocycles. The first-order chi connectivity index (χ1) is 14.8. The fraction of sp³-hybridized carbons (Fsp3) is 0.679. The highest BCUT2D eigenvalue weighted by molar-refractivity contribution is 5.15. The maximum Gasteiger partial charge on any atom is 0.241 e. The van der Waals surface area contributed by atoms with Gasteiger partial charge in [-0.25, -0.2) is 4.57 Å². The topological polar surface area (TPSA) is 19.7 Å². The molecular formula is C28H47N2+. The standard InChI is InChI=1S/C28H46N2/c1-3-5-7-8-9-10-11-12-13-17-20-27(24-26-18-15-14-16-19-26)28(21-6-4-2)30-23-22-29-25-30/h14-16,18-19,22-23,25,27-28H,3-13,17,20-21,24H2,1-2H3/p+1. The Labute approximate surface area is 186 Å². The van der Waals surface area contributed by atoms with Crippen LogP contribution in [0.3, 0.4) is 0 Å². The van der Waals surface area contributed by atoms with Crippen LogP contribution in [0.5, 0.6) is 0 Å². The number of aromatic amines is 1. The molecule has 0 fully saturated rings. The number of hydrogen-bond acceptors (Lipinski definition) is 0. The predicted molar refractivity (Wildman–Crippen MR) is 130 cm³/mol. The molecular weight excluding hydrogens is 364 g/mol. The minimum Gasteiger partial charge on any atom is -0.250 e. The number of H-pyrrole nitrogens is 1. The highest BCUT2D eigenvalue weighted by Gasteiger charge is 2.26. The van der Waals surface area contributed by atoms with E-state index in [9.17, 15) is 0 Å². The van der Waals surface area contributed by atoms with Crippen molar-refractivity contribution < 1.29 is 4.57 Å². The summed E-state index contributed by atoms with van der Waals surface area (Å²) in [5, 5.41) is 0. The zero-order valence-electron chi connectivity index (χ0n) is 19.8. The first-order valence-corrected chi connectivity index (χ1v) is 12.9. The molecule has 1 aromatic heterocycles. The average molecular weight is 412 g/mol. The van der Waals surface area contributed by atoms with E-state index in [1.807, 2.05) is 0 Å². The van der Waals surface area contributed by atoms with Gasteiger partial charge in [-0.05, 0) is 31.2 Å². The quantitative estimate of drug-likeness (QED) is 0.188. The Morgan fingerprint density at radius 3 is 1.97 bits per heavy atom. The Morgan fingerprint density at radius 1 is 0.733 bits per heavy atom. The molecule has 1 aromatic carbocycles. The number of rotatable bonds is 18. The summed E-state index contributed by atoms with van der Waals surface area (Å²) in [6.45, 7) is 4.61. The van der Waals surface area contributed by atoms with Crippen molar-refractivity contribution >= 4 is 0 Å². The van der Waals surface area contributed by atoms with Crippen molar-refractivity contribution in [2.45, 2.75) is 116 Å². The van der Waals surface area contributed by atoms with Crippen molar-refractivity contribution in [3.63, 3.8) is 0 Å². The molecule has 0 saturated heterocycles. The third kappa shape index (κ3) is 9.96. The fourth-order valence-corrected chi connectivity index (χ4v) is 4.79. The molecule has 168 valence electrons. The van der Waals surface area contributed by atoms with Crippen molar-refractivity contribution in [1.29, 1.82) is 0 Å². The van der Waals surface area contributed by atoms with E-state index in [1.165, 1.54) is 102 Å². The maximum atomic E-state index is 3.28. The summed E-state index contributed by atoms with van der Waals surface area (Å²) >= 11 is 0. The van der Waals surface area contributed by atoms with E-state index >= 15 is 0 Å². The average Bonchev–Trinajstić information content (AvgIpc) is 3.30. The molecule has 2 atom stereocenters. The summed E-state index contributed by atoms with van der Waals surface area (Å²) in [4.78, 5) is 3.28. The lowest BCUT2D eigenvalue weighted by Crippen LogP contribution is -2.42. The van der Waals surface area contributed by atoms with Crippen LogP contribution in [0.15, 0.2) is 49.1 Å². The van der Waals surface area contributed by atoms with E-state index < -0.39 is 0 Å². The number of nitrogens with one attached hydrogen (secondary N) is 1. The van der Waals surface area contributed by atoms with Crippen molar-refractivity contribution in [2.75, 3.05) is 0 Å². The van der Waals surface area contributed by atoms with Crippen LogP contribution in [-0.2, 0) is 6.42 Å². The van der Waals surface area contributed by atoms with Crippen LogP contribution >= 0.6 is 0 Å². The van der Waals surface area contributed by atoms with Gasteiger partial charge in [-0.3, -0.25) is 4.98 Å². The minimum atomic E-state index is 0.606. The lowest BCUT2D eigenvalue weighted by Gasteiger charge is -2.25. The SMILES string of the molecule is CCCCCCCCCCCCC(Cc1ccccc1)C(CCCC)[n+]1cc[nH]c1. The van der Waals surface area contributed by atoms with Gasteiger partial charge in [0, 0.05) is 5.92 Å². The molecule has 1 N–H and O–H groups in total. The van der Waals surface area contributed by atoms with Crippen LogP contribution in [0.4, 0.5) is 0 Å². The molecule has 0 aliphatic heterocycles. The lowest BCUT2D eigenvalue weighted by atomic mass is 9.84. The Hall–Kier alpha value is -1.57. The molecule has 0 aliphatic carbocycles. The number of benzene rings is 1. The highest BCUT2D eigenvalue weighted by Crippen LogP contribution is 2.28. The zero-order chi connectivity index (χ0) is 21.3. The number of nitrogens with zero attached hydrogens (tertiary/aromatic N) is 1. The molecule has 0 bridgehead atoms.